The predicted octanol–water partition coefficient (Wildman–Crippen LogP) is 2.07. The first-order chi connectivity index (χ1) is 12.1. The van der Waals surface area contributed by atoms with Gasteiger partial charge in [0.25, 0.3) is 5.91 Å². The van der Waals surface area contributed by atoms with E-state index >= 15 is 0 Å². The van der Waals surface area contributed by atoms with Gasteiger partial charge in [-0.2, -0.15) is 4.68 Å². The molecule has 0 saturated heterocycles. The summed E-state index contributed by atoms with van der Waals surface area (Å²) in [5, 5.41) is 13.4. The lowest BCUT2D eigenvalue weighted by Crippen LogP contribution is -2.16. The number of halogens is 1. The van der Waals surface area contributed by atoms with E-state index in [0.717, 1.165) is 0 Å². The van der Waals surface area contributed by atoms with Crippen LogP contribution in [0.4, 0.5) is 10.1 Å². The molecule has 8 nitrogen and oxygen atoms in total. The SMILES string of the molecule is COc1ccc(OC)c(NC(=O)c2ccc(F)cc2-n2cnnn2)c1. The molecule has 0 radical (unpaired) electrons. The lowest BCUT2D eigenvalue weighted by molar-refractivity contribution is 0.102. The molecule has 0 saturated carbocycles. The van der Waals surface area contributed by atoms with Crippen LogP contribution in [0.1, 0.15) is 10.4 Å². The summed E-state index contributed by atoms with van der Waals surface area (Å²) >= 11 is 0. The highest BCUT2D eigenvalue weighted by Gasteiger charge is 2.17. The fourth-order valence-corrected chi connectivity index (χ4v) is 2.26. The van der Waals surface area contributed by atoms with Crippen molar-refractivity contribution in [1.82, 2.24) is 20.2 Å². The lowest BCUT2D eigenvalue weighted by Gasteiger charge is -2.13. The molecule has 0 unspecified atom stereocenters. The number of aromatic nitrogens is 4. The van der Waals surface area contributed by atoms with Gasteiger partial charge in [0.2, 0.25) is 0 Å². The topological polar surface area (TPSA) is 91.2 Å². The first-order valence-corrected chi connectivity index (χ1v) is 7.18. The van der Waals surface area contributed by atoms with Gasteiger partial charge in [-0.1, -0.05) is 0 Å². The van der Waals surface area contributed by atoms with E-state index in [2.05, 4.69) is 20.8 Å². The number of tetrazole rings is 1. The highest BCUT2D eigenvalue weighted by atomic mass is 19.1. The summed E-state index contributed by atoms with van der Waals surface area (Å²) in [6.45, 7) is 0. The van der Waals surface area contributed by atoms with Crippen LogP contribution in [0.5, 0.6) is 11.5 Å². The summed E-state index contributed by atoms with van der Waals surface area (Å²) in [6.07, 6.45) is 1.28. The Morgan fingerprint density at radius 3 is 2.68 bits per heavy atom. The maximum atomic E-state index is 13.6. The second-order valence-electron chi connectivity index (χ2n) is 4.94. The molecule has 0 atom stereocenters. The van der Waals surface area contributed by atoms with Crippen molar-refractivity contribution in [2.45, 2.75) is 0 Å². The Labute approximate surface area is 142 Å². The van der Waals surface area contributed by atoms with Gasteiger partial charge in [0, 0.05) is 12.1 Å². The predicted molar refractivity (Wildman–Crippen MR) is 86.6 cm³/mol. The van der Waals surface area contributed by atoms with E-state index in [-0.39, 0.29) is 11.3 Å². The zero-order chi connectivity index (χ0) is 17.8. The molecule has 0 aliphatic rings. The van der Waals surface area contributed by atoms with Gasteiger partial charge in [0.15, 0.2) is 0 Å². The smallest absolute Gasteiger partial charge is 0.257 e. The minimum Gasteiger partial charge on any atom is -0.497 e. The van der Waals surface area contributed by atoms with Gasteiger partial charge >= 0.3 is 0 Å². The third-order valence-corrected chi connectivity index (χ3v) is 3.46. The number of rotatable bonds is 5. The first-order valence-electron chi connectivity index (χ1n) is 7.18. The van der Waals surface area contributed by atoms with Gasteiger partial charge in [0.05, 0.1) is 31.2 Å². The Balaban J connectivity index is 1.98. The summed E-state index contributed by atoms with van der Waals surface area (Å²) in [7, 11) is 3.01. The average Bonchev–Trinajstić information content (AvgIpc) is 3.16. The van der Waals surface area contributed by atoms with Crippen LogP contribution in [0.25, 0.3) is 5.69 Å². The van der Waals surface area contributed by atoms with Gasteiger partial charge in [0.1, 0.15) is 23.6 Å². The van der Waals surface area contributed by atoms with E-state index in [0.29, 0.717) is 17.2 Å². The fourth-order valence-electron chi connectivity index (χ4n) is 2.26. The summed E-state index contributed by atoms with van der Waals surface area (Å²) in [6, 6.07) is 8.71. The molecule has 9 heteroatoms. The van der Waals surface area contributed by atoms with Crippen molar-refractivity contribution in [3.05, 3.63) is 54.1 Å². The number of anilines is 1. The molecule has 2 aromatic carbocycles. The maximum absolute atomic E-state index is 13.6. The fraction of sp³-hybridized carbons (Fsp3) is 0.125. The van der Waals surface area contributed by atoms with Crippen molar-refractivity contribution < 1.29 is 18.7 Å². The van der Waals surface area contributed by atoms with Crippen LogP contribution in [-0.2, 0) is 0 Å². The number of amides is 1. The van der Waals surface area contributed by atoms with Crippen molar-refractivity contribution in [3.63, 3.8) is 0 Å². The molecular formula is C16H14FN5O3. The summed E-state index contributed by atoms with van der Waals surface area (Å²) in [5.41, 5.74) is 0.821. The minimum atomic E-state index is -0.513. The van der Waals surface area contributed by atoms with Gasteiger partial charge in [-0.3, -0.25) is 4.79 Å². The molecule has 1 heterocycles. The number of methoxy groups -OCH3 is 2. The highest BCUT2D eigenvalue weighted by molar-refractivity contribution is 6.07. The number of carbonyl (C=O) groups is 1. The van der Waals surface area contributed by atoms with Crippen LogP contribution < -0.4 is 14.8 Å². The Morgan fingerprint density at radius 1 is 1.16 bits per heavy atom. The number of nitrogens with one attached hydrogen (secondary N) is 1. The number of benzene rings is 2. The summed E-state index contributed by atoms with van der Waals surface area (Å²) in [5.74, 6) is 0.0224. The van der Waals surface area contributed by atoms with E-state index in [9.17, 15) is 9.18 Å². The van der Waals surface area contributed by atoms with E-state index in [1.54, 1.807) is 18.2 Å². The number of carbonyl (C=O) groups excluding carboxylic acids is 1. The molecule has 3 aromatic rings. The molecular weight excluding hydrogens is 329 g/mol. The Hall–Kier alpha value is -3.49. The van der Waals surface area contributed by atoms with Crippen molar-refractivity contribution in [1.29, 1.82) is 0 Å². The molecule has 3 rings (SSSR count). The summed E-state index contributed by atoms with van der Waals surface area (Å²) < 4.78 is 25.2. The molecule has 0 fully saturated rings. The van der Waals surface area contributed by atoms with Crippen LogP contribution in [0.2, 0.25) is 0 Å². The lowest BCUT2D eigenvalue weighted by atomic mass is 10.1. The number of hydrogen-bond donors (Lipinski definition) is 1. The molecule has 0 aliphatic heterocycles. The van der Waals surface area contributed by atoms with Crippen LogP contribution in [-0.4, -0.2) is 40.3 Å². The van der Waals surface area contributed by atoms with Gasteiger partial charge in [-0.25, -0.2) is 4.39 Å². The Bertz CT molecular complexity index is 899. The molecule has 1 N–H and O–H groups in total. The normalized spacial score (nSPS) is 10.4. The van der Waals surface area contributed by atoms with E-state index < -0.39 is 11.7 Å². The van der Waals surface area contributed by atoms with Gasteiger partial charge < -0.3 is 14.8 Å². The van der Waals surface area contributed by atoms with Crippen molar-refractivity contribution in [2.24, 2.45) is 0 Å². The van der Waals surface area contributed by atoms with E-state index in [1.165, 1.54) is 43.4 Å². The highest BCUT2D eigenvalue weighted by Crippen LogP contribution is 2.29. The largest absolute Gasteiger partial charge is 0.497 e. The average molecular weight is 343 g/mol. The van der Waals surface area contributed by atoms with Gasteiger partial charge in [-0.05, 0) is 34.7 Å². The van der Waals surface area contributed by atoms with Crippen LogP contribution >= 0.6 is 0 Å². The standard InChI is InChI=1S/C16H14FN5O3/c1-24-11-4-6-15(25-2)13(8-11)19-16(23)12-5-3-10(17)7-14(12)22-9-18-20-21-22/h3-9H,1-2H3,(H,19,23). The van der Waals surface area contributed by atoms with Crippen LogP contribution in [0.15, 0.2) is 42.7 Å². The third-order valence-electron chi connectivity index (χ3n) is 3.46. The van der Waals surface area contributed by atoms with Gasteiger partial charge in [-0.15, -0.1) is 5.10 Å². The zero-order valence-electron chi connectivity index (χ0n) is 13.4. The Morgan fingerprint density at radius 2 is 2.00 bits per heavy atom. The van der Waals surface area contributed by atoms with Crippen LogP contribution in [0, 0.1) is 5.82 Å². The number of ether oxygens (including phenoxy) is 2. The number of hydrogen-bond acceptors (Lipinski definition) is 6. The number of nitrogens with zero attached hydrogens (tertiary/aromatic N) is 4. The molecule has 128 valence electrons. The summed E-state index contributed by atoms with van der Waals surface area (Å²) in [4.78, 5) is 12.7. The minimum absolute atomic E-state index is 0.193. The zero-order valence-corrected chi connectivity index (χ0v) is 13.4. The monoisotopic (exact) mass is 343 g/mol. The quantitative estimate of drug-likeness (QED) is 0.763. The molecule has 25 heavy (non-hydrogen) atoms. The van der Waals surface area contributed by atoms with E-state index in [4.69, 9.17) is 9.47 Å². The maximum Gasteiger partial charge on any atom is 0.257 e. The second kappa shape index (κ2) is 6.95. The molecule has 0 aliphatic carbocycles. The van der Waals surface area contributed by atoms with Crippen molar-refractivity contribution in [3.8, 4) is 17.2 Å². The molecule has 1 amide bonds. The molecule has 0 spiro atoms. The van der Waals surface area contributed by atoms with Crippen molar-refractivity contribution >= 4 is 11.6 Å². The van der Waals surface area contributed by atoms with E-state index in [1.807, 2.05) is 0 Å². The third kappa shape index (κ3) is 3.39. The Kier molecular flexibility index (Phi) is 4.55. The molecule has 0 bridgehead atoms. The first kappa shape index (κ1) is 16.4. The van der Waals surface area contributed by atoms with Crippen LogP contribution in [0.3, 0.4) is 0 Å². The van der Waals surface area contributed by atoms with Crippen molar-refractivity contribution in [2.75, 3.05) is 19.5 Å². The second-order valence-corrected chi connectivity index (χ2v) is 4.94. The molecule has 1 aromatic heterocycles.